The molecule has 0 bridgehead atoms. The van der Waals surface area contributed by atoms with Gasteiger partial charge in [-0.1, -0.05) is 25.5 Å². The minimum Gasteiger partial charge on any atom is -0.494 e. The first-order chi connectivity index (χ1) is 13.1. The number of ether oxygens (including phenoxy) is 2. The van der Waals surface area contributed by atoms with Crippen LogP contribution in [0.15, 0.2) is 48.5 Å². The summed E-state index contributed by atoms with van der Waals surface area (Å²) in [7, 11) is 1.55. The first-order valence-electron chi connectivity index (χ1n) is 9.16. The van der Waals surface area contributed by atoms with E-state index in [9.17, 15) is 9.59 Å². The fraction of sp³-hybridized carbons (Fsp3) is 0.333. The fourth-order valence-corrected chi connectivity index (χ4v) is 2.91. The summed E-state index contributed by atoms with van der Waals surface area (Å²) in [4.78, 5) is 26.7. The third kappa shape index (κ3) is 4.22. The number of hydrogen-bond acceptors (Lipinski definition) is 4. The van der Waals surface area contributed by atoms with Gasteiger partial charge in [0.25, 0.3) is 11.8 Å². The molecule has 6 nitrogen and oxygen atoms in total. The number of benzene rings is 2. The summed E-state index contributed by atoms with van der Waals surface area (Å²) in [5.41, 5.74) is 1.19. The molecule has 2 aromatic carbocycles. The average Bonchev–Trinajstić information content (AvgIpc) is 2.72. The molecule has 1 aliphatic rings. The van der Waals surface area contributed by atoms with Crippen molar-refractivity contribution in [1.29, 1.82) is 0 Å². The van der Waals surface area contributed by atoms with Gasteiger partial charge in [-0.05, 0) is 42.8 Å². The maximum Gasteiger partial charge on any atom is 0.262 e. The zero-order valence-electron chi connectivity index (χ0n) is 15.6. The molecule has 1 heterocycles. The maximum absolute atomic E-state index is 13.1. The first-order valence-corrected chi connectivity index (χ1v) is 9.16. The highest BCUT2D eigenvalue weighted by atomic mass is 16.5. The Balaban J connectivity index is 1.81. The molecule has 0 aromatic heterocycles. The highest BCUT2D eigenvalue weighted by Crippen LogP contribution is 2.34. The summed E-state index contributed by atoms with van der Waals surface area (Å²) in [6.45, 7) is 2.93. The lowest BCUT2D eigenvalue weighted by Gasteiger charge is -2.34. The number of para-hydroxylation sites is 2. The largest absolute Gasteiger partial charge is 0.494 e. The summed E-state index contributed by atoms with van der Waals surface area (Å²) in [5.74, 6) is 0.817. The van der Waals surface area contributed by atoms with Crippen LogP contribution >= 0.6 is 0 Å². The summed E-state index contributed by atoms with van der Waals surface area (Å²) >= 11 is 0. The standard InChI is InChI=1S/C21H24N2O4/c1-3-4-13-26-16-11-9-15(10-12-16)21(25)23-14-19(20(24)22-2)27-18-8-6-5-7-17(18)23/h5-12,19H,3-4,13-14H2,1-2H3,(H,22,24)/t19-/m0/s1. The molecule has 2 amide bonds. The van der Waals surface area contributed by atoms with Gasteiger partial charge in [0.2, 0.25) is 0 Å². The molecule has 0 saturated carbocycles. The second-order valence-corrected chi connectivity index (χ2v) is 6.33. The molecule has 1 aliphatic heterocycles. The number of amides is 2. The van der Waals surface area contributed by atoms with Crippen LogP contribution in [0.1, 0.15) is 30.1 Å². The van der Waals surface area contributed by atoms with Gasteiger partial charge >= 0.3 is 0 Å². The van der Waals surface area contributed by atoms with Gasteiger partial charge < -0.3 is 19.7 Å². The lowest BCUT2D eigenvalue weighted by molar-refractivity contribution is -0.127. The molecule has 0 fully saturated rings. The third-order valence-corrected chi connectivity index (χ3v) is 4.43. The van der Waals surface area contributed by atoms with Crippen molar-refractivity contribution in [2.75, 3.05) is 25.1 Å². The minimum atomic E-state index is -0.745. The van der Waals surface area contributed by atoms with Crippen molar-refractivity contribution in [3.05, 3.63) is 54.1 Å². The molecule has 1 N–H and O–H groups in total. The van der Waals surface area contributed by atoms with E-state index in [2.05, 4.69) is 12.2 Å². The van der Waals surface area contributed by atoms with Crippen molar-refractivity contribution in [2.24, 2.45) is 0 Å². The average molecular weight is 368 g/mol. The van der Waals surface area contributed by atoms with Crippen molar-refractivity contribution in [2.45, 2.75) is 25.9 Å². The Morgan fingerprint density at radius 2 is 1.93 bits per heavy atom. The Morgan fingerprint density at radius 3 is 2.63 bits per heavy atom. The van der Waals surface area contributed by atoms with Crippen LogP contribution in [0.4, 0.5) is 5.69 Å². The van der Waals surface area contributed by atoms with Crippen LogP contribution in [0.2, 0.25) is 0 Å². The molecule has 1 atom stereocenters. The summed E-state index contributed by atoms with van der Waals surface area (Å²) in [6.07, 6.45) is 1.32. The molecule has 3 rings (SSSR count). The van der Waals surface area contributed by atoms with Crippen LogP contribution in [0.3, 0.4) is 0 Å². The number of fused-ring (bicyclic) bond motifs is 1. The Kier molecular flexibility index (Phi) is 5.96. The predicted octanol–water partition coefficient (Wildman–Crippen LogP) is 3.02. The van der Waals surface area contributed by atoms with Crippen LogP contribution in [0.5, 0.6) is 11.5 Å². The van der Waals surface area contributed by atoms with E-state index in [1.807, 2.05) is 18.2 Å². The van der Waals surface area contributed by atoms with Gasteiger partial charge in [0.05, 0.1) is 18.8 Å². The van der Waals surface area contributed by atoms with Crippen molar-refractivity contribution in [3.63, 3.8) is 0 Å². The van der Waals surface area contributed by atoms with E-state index in [1.54, 1.807) is 42.3 Å². The quantitative estimate of drug-likeness (QED) is 0.796. The molecule has 0 aliphatic carbocycles. The van der Waals surface area contributed by atoms with Crippen LogP contribution in [-0.4, -0.2) is 38.1 Å². The Hall–Kier alpha value is -3.02. The van der Waals surface area contributed by atoms with Crippen LogP contribution < -0.4 is 19.7 Å². The van der Waals surface area contributed by atoms with Crippen molar-refractivity contribution in [3.8, 4) is 11.5 Å². The zero-order valence-corrected chi connectivity index (χ0v) is 15.6. The van der Waals surface area contributed by atoms with Gasteiger partial charge in [0.15, 0.2) is 6.10 Å². The number of hydrogen-bond donors (Lipinski definition) is 1. The van der Waals surface area contributed by atoms with Crippen molar-refractivity contribution >= 4 is 17.5 Å². The first kappa shape index (κ1) is 18.8. The number of nitrogens with one attached hydrogen (secondary N) is 1. The minimum absolute atomic E-state index is 0.157. The number of rotatable bonds is 6. The lowest BCUT2D eigenvalue weighted by atomic mass is 10.1. The zero-order chi connectivity index (χ0) is 19.2. The highest BCUT2D eigenvalue weighted by molar-refractivity contribution is 6.08. The Labute approximate surface area is 159 Å². The van der Waals surface area contributed by atoms with E-state index in [0.717, 1.165) is 18.6 Å². The maximum atomic E-state index is 13.1. The number of carbonyl (C=O) groups excluding carboxylic acids is 2. The van der Waals surface area contributed by atoms with Crippen molar-refractivity contribution in [1.82, 2.24) is 5.32 Å². The molecule has 27 heavy (non-hydrogen) atoms. The van der Waals surface area contributed by atoms with Gasteiger partial charge in [-0.2, -0.15) is 0 Å². The predicted molar refractivity (Wildman–Crippen MR) is 103 cm³/mol. The summed E-state index contributed by atoms with van der Waals surface area (Å²) < 4.78 is 11.4. The molecule has 0 spiro atoms. The smallest absolute Gasteiger partial charge is 0.262 e. The number of carbonyl (C=O) groups is 2. The topological polar surface area (TPSA) is 67.9 Å². The molecule has 6 heteroatoms. The van der Waals surface area contributed by atoms with E-state index in [4.69, 9.17) is 9.47 Å². The summed E-state index contributed by atoms with van der Waals surface area (Å²) in [6, 6.07) is 14.3. The van der Waals surface area contributed by atoms with Gasteiger partial charge in [0, 0.05) is 12.6 Å². The van der Waals surface area contributed by atoms with Crippen LogP contribution in [0.25, 0.3) is 0 Å². The molecule has 0 saturated heterocycles. The van der Waals surface area contributed by atoms with Gasteiger partial charge in [-0.25, -0.2) is 0 Å². The van der Waals surface area contributed by atoms with E-state index < -0.39 is 6.10 Å². The molecule has 142 valence electrons. The van der Waals surface area contributed by atoms with E-state index in [-0.39, 0.29) is 18.4 Å². The number of anilines is 1. The number of nitrogens with zero attached hydrogens (tertiary/aromatic N) is 1. The normalized spacial score (nSPS) is 15.5. The second kappa shape index (κ2) is 8.58. The van der Waals surface area contributed by atoms with Gasteiger partial charge in [-0.15, -0.1) is 0 Å². The lowest BCUT2D eigenvalue weighted by Crippen LogP contribution is -2.50. The number of likely N-dealkylation sites (N-methyl/N-ethyl adjacent to an activating group) is 1. The van der Waals surface area contributed by atoms with Crippen LogP contribution in [-0.2, 0) is 4.79 Å². The van der Waals surface area contributed by atoms with E-state index in [1.165, 1.54) is 0 Å². The third-order valence-electron chi connectivity index (χ3n) is 4.43. The Bertz CT molecular complexity index is 804. The molecular weight excluding hydrogens is 344 g/mol. The van der Waals surface area contributed by atoms with Crippen molar-refractivity contribution < 1.29 is 19.1 Å². The van der Waals surface area contributed by atoms with E-state index in [0.29, 0.717) is 23.6 Å². The fourth-order valence-electron chi connectivity index (χ4n) is 2.91. The molecular formula is C21H24N2O4. The van der Waals surface area contributed by atoms with Gasteiger partial charge in [0.1, 0.15) is 11.5 Å². The SMILES string of the molecule is CCCCOc1ccc(C(=O)N2C[C@@H](C(=O)NC)Oc3ccccc32)cc1. The molecule has 2 aromatic rings. The van der Waals surface area contributed by atoms with Crippen LogP contribution in [0, 0.1) is 0 Å². The molecule has 0 radical (unpaired) electrons. The second-order valence-electron chi connectivity index (χ2n) is 6.33. The monoisotopic (exact) mass is 368 g/mol. The molecule has 0 unspecified atom stereocenters. The highest BCUT2D eigenvalue weighted by Gasteiger charge is 2.33. The Morgan fingerprint density at radius 1 is 1.19 bits per heavy atom. The van der Waals surface area contributed by atoms with Gasteiger partial charge in [-0.3, -0.25) is 9.59 Å². The number of unbranched alkanes of at least 4 members (excludes halogenated alkanes) is 1. The summed E-state index contributed by atoms with van der Waals surface area (Å²) in [5, 5.41) is 2.58. The van der Waals surface area contributed by atoms with E-state index >= 15 is 0 Å².